The Hall–Kier alpha value is -1.11. The number of benzene rings is 1. The van der Waals surface area contributed by atoms with Gasteiger partial charge in [0, 0.05) is 18.1 Å². The van der Waals surface area contributed by atoms with E-state index < -0.39 is 16.1 Å². The zero-order valence-corrected chi connectivity index (χ0v) is 12.0. The molecule has 2 rings (SSSR count). The fourth-order valence-electron chi connectivity index (χ4n) is 2.10. The molecule has 5 nitrogen and oxygen atoms in total. The second-order valence-electron chi connectivity index (χ2n) is 4.23. The van der Waals surface area contributed by atoms with Crippen LogP contribution in [0.4, 0.5) is 0 Å². The second kappa shape index (κ2) is 5.48. The number of carbonyl (C=O) groups excluding carboxylic acids is 1. The van der Waals surface area contributed by atoms with Crippen LogP contribution in [0.5, 0.6) is 0 Å². The molecule has 0 spiro atoms. The van der Waals surface area contributed by atoms with E-state index in [-0.39, 0.29) is 18.2 Å². The number of nitrogens with zero attached hydrogens (tertiary/aromatic N) is 1. The lowest BCUT2D eigenvalue weighted by atomic mass is 10.0. The molecule has 7 heteroatoms. The first-order valence-corrected chi connectivity index (χ1v) is 7.97. The highest BCUT2D eigenvalue weighted by Gasteiger charge is 2.38. The molecule has 1 aromatic carbocycles. The van der Waals surface area contributed by atoms with Crippen molar-refractivity contribution in [2.24, 2.45) is 0 Å². The van der Waals surface area contributed by atoms with Crippen LogP contribution in [0.25, 0.3) is 0 Å². The number of sulfonamides is 1. The highest BCUT2D eigenvalue weighted by atomic mass is 35.5. The predicted octanol–water partition coefficient (Wildman–Crippen LogP) is 1.16. The van der Waals surface area contributed by atoms with Crippen LogP contribution in [0, 0.1) is 0 Å². The Morgan fingerprint density at radius 3 is 2.74 bits per heavy atom. The SMILES string of the molecule is CCS(=O)(=O)N1CCNC(=O)[C@H]1c1ccccc1Cl. The first kappa shape index (κ1) is 14.3. The third-order valence-corrected chi connectivity index (χ3v) is 5.27. The molecule has 1 aliphatic rings. The van der Waals surface area contributed by atoms with Crippen LogP contribution in [0.2, 0.25) is 5.02 Å². The average molecular weight is 303 g/mol. The summed E-state index contributed by atoms with van der Waals surface area (Å²) in [5, 5.41) is 3.07. The first-order valence-electron chi connectivity index (χ1n) is 5.99. The maximum atomic E-state index is 12.1. The van der Waals surface area contributed by atoms with Crippen molar-refractivity contribution in [3.63, 3.8) is 0 Å². The highest BCUT2D eigenvalue weighted by molar-refractivity contribution is 7.89. The summed E-state index contributed by atoms with van der Waals surface area (Å²) >= 11 is 6.08. The van der Waals surface area contributed by atoms with Crippen molar-refractivity contribution in [3.05, 3.63) is 34.9 Å². The van der Waals surface area contributed by atoms with Crippen LogP contribution in [0.15, 0.2) is 24.3 Å². The van der Waals surface area contributed by atoms with E-state index >= 15 is 0 Å². The fourth-order valence-corrected chi connectivity index (χ4v) is 3.58. The van der Waals surface area contributed by atoms with Gasteiger partial charge in [-0.1, -0.05) is 29.8 Å². The number of nitrogens with one attached hydrogen (secondary N) is 1. The summed E-state index contributed by atoms with van der Waals surface area (Å²) < 4.78 is 25.4. The molecule has 1 fully saturated rings. The molecule has 1 saturated heterocycles. The van der Waals surface area contributed by atoms with E-state index in [2.05, 4.69) is 5.32 Å². The molecule has 0 radical (unpaired) electrons. The Morgan fingerprint density at radius 1 is 1.42 bits per heavy atom. The van der Waals surface area contributed by atoms with Crippen LogP contribution in [0.3, 0.4) is 0 Å². The summed E-state index contributed by atoms with van der Waals surface area (Å²) in [6.07, 6.45) is 0. The molecule has 0 aromatic heterocycles. The summed E-state index contributed by atoms with van der Waals surface area (Å²) in [7, 11) is -3.45. The monoisotopic (exact) mass is 302 g/mol. The van der Waals surface area contributed by atoms with E-state index in [1.165, 1.54) is 4.31 Å². The molecule has 0 unspecified atom stereocenters. The van der Waals surface area contributed by atoms with Crippen LogP contribution < -0.4 is 5.32 Å². The highest BCUT2D eigenvalue weighted by Crippen LogP contribution is 2.31. The molecule has 1 amide bonds. The minimum atomic E-state index is -3.45. The summed E-state index contributed by atoms with van der Waals surface area (Å²) in [5.74, 6) is -0.377. The summed E-state index contributed by atoms with van der Waals surface area (Å²) in [6, 6.07) is 5.92. The Bertz CT molecular complexity index is 588. The molecule has 1 N–H and O–H groups in total. The summed E-state index contributed by atoms with van der Waals surface area (Å²) in [6.45, 7) is 2.14. The molecule has 1 aliphatic heterocycles. The molecule has 1 aromatic rings. The average Bonchev–Trinajstić information content (AvgIpc) is 2.39. The van der Waals surface area contributed by atoms with Gasteiger partial charge in [0.1, 0.15) is 6.04 Å². The van der Waals surface area contributed by atoms with E-state index in [0.29, 0.717) is 17.1 Å². The van der Waals surface area contributed by atoms with Crippen molar-refractivity contribution in [3.8, 4) is 0 Å². The van der Waals surface area contributed by atoms with Crippen LogP contribution >= 0.6 is 11.6 Å². The number of piperazine rings is 1. The zero-order valence-electron chi connectivity index (χ0n) is 10.5. The van der Waals surface area contributed by atoms with Gasteiger partial charge in [-0.25, -0.2) is 8.42 Å². The van der Waals surface area contributed by atoms with E-state index in [1.54, 1.807) is 31.2 Å². The van der Waals surface area contributed by atoms with Crippen molar-refractivity contribution in [2.75, 3.05) is 18.8 Å². The lowest BCUT2D eigenvalue weighted by molar-refractivity contribution is -0.126. The van der Waals surface area contributed by atoms with E-state index in [4.69, 9.17) is 11.6 Å². The van der Waals surface area contributed by atoms with Gasteiger partial charge in [-0.15, -0.1) is 0 Å². The van der Waals surface area contributed by atoms with Gasteiger partial charge in [-0.3, -0.25) is 4.79 Å². The van der Waals surface area contributed by atoms with E-state index in [0.717, 1.165) is 0 Å². The lowest BCUT2D eigenvalue weighted by Gasteiger charge is -2.34. The molecule has 0 saturated carbocycles. The van der Waals surface area contributed by atoms with Gasteiger partial charge in [0.05, 0.1) is 5.75 Å². The standard InChI is InChI=1S/C12H15ClN2O3S/c1-2-19(17,18)15-8-7-14-12(16)11(15)9-5-3-4-6-10(9)13/h3-6,11H,2,7-8H2,1H3,(H,14,16)/t11-/m1/s1. The van der Waals surface area contributed by atoms with Crippen molar-refractivity contribution >= 4 is 27.5 Å². The number of halogens is 1. The minimum absolute atomic E-state index is 0.0404. The molecule has 0 bridgehead atoms. The molecule has 104 valence electrons. The molecule has 1 atom stereocenters. The van der Waals surface area contributed by atoms with Gasteiger partial charge in [-0.05, 0) is 18.6 Å². The van der Waals surface area contributed by atoms with Crippen molar-refractivity contribution in [2.45, 2.75) is 13.0 Å². The predicted molar refractivity (Wildman–Crippen MR) is 73.4 cm³/mol. The van der Waals surface area contributed by atoms with Gasteiger partial charge >= 0.3 is 0 Å². The van der Waals surface area contributed by atoms with E-state index in [1.807, 2.05) is 0 Å². The Kier molecular flexibility index (Phi) is 4.13. The number of hydrogen-bond donors (Lipinski definition) is 1. The number of carbonyl (C=O) groups is 1. The maximum absolute atomic E-state index is 12.1. The minimum Gasteiger partial charge on any atom is -0.353 e. The fraction of sp³-hybridized carbons (Fsp3) is 0.417. The smallest absolute Gasteiger partial charge is 0.243 e. The molecule has 0 aliphatic carbocycles. The Morgan fingerprint density at radius 2 is 2.11 bits per heavy atom. The topological polar surface area (TPSA) is 66.5 Å². The largest absolute Gasteiger partial charge is 0.353 e. The zero-order chi connectivity index (χ0) is 14.0. The number of hydrogen-bond acceptors (Lipinski definition) is 3. The third-order valence-electron chi connectivity index (χ3n) is 3.09. The van der Waals surface area contributed by atoms with E-state index in [9.17, 15) is 13.2 Å². The van der Waals surface area contributed by atoms with Gasteiger partial charge in [0.25, 0.3) is 0 Å². The molecule has 1 heterocycles. The summed E-state index contributed by atoms with van der Waals surface area (Å²) in [4.78, 5) is 12.0. The van der Waals surface area contributed by atoms with Crippen molar-refractivity contribution in [1.82, 2.24) is 9.62 Å². The van der Waals surface area contributed by atoms with Crippen LogP contribution in [-0.2, 0) is 14.8 Å². The van der Waals surface area contributed by atoms with Crippen molar-refractivity contribution < 1.29 is 13.2 Å². The van der Waals surface area contributed by atoms with Crippen molar-refractivity contribution in [1.29, 1.82) is 0 Å². The second-order valence-corrected chi connectivity index (χ2v) is 6.84. The summed E-state index contributed by atoms with van der Waals surface area (Å²) in [5.41, 5.74) is 0.512. The molecule has 19 heavy (non-hydrogen) atoms. The Labute approximate surface area is 117 Å². The molecular weight excluding hydrogens is 288 g/mol. The first-order chi connectivity index (χ1) is 8.97. The Balaban J connectivity index is 2.49. The van der Waals surface area contributed by atoms with Gasteiger partial charge in [-0.2, -0.15) is 4.31 Å². The van der Waals surface area contributed by atoms with Gasteiger partial charge in [0.15, 0.2) is 0 Å². The quantitative estimate of drug-likeness (QED) is 0.911. The van der Waals surface area contributed by atoms with Crippen LogP contribution in [0.1, 0.15) is 18.5 Å². The molecular formula is C12H15ClN2O3S. The van der Waals surface area contributed by atoms with Crippen LogP contribution in [-0.4, -0.2) is 37.5 Å². The number of amides is 1. The van der Waals surface area contributed by atoms with Gasteiger partial charge in [0.2, 0.25) is 15.9 Å². The number of rotatable bonds is 3. The third kappa shape index (κ3) is 2.75. The normalized spacial score (nSPS) is 21.2. The maximum Gasteiger partial charge on any atom is 0.243 e. The lowest BCUT2D eigenvalue weighted by Crippen LogP contribution is -2.52. The van der Waals surface area contributed by atoms with Gasteiger partial charge < -0.3 is 5.32 Å².